The van der Waals surface area contributed by atoms with Crippen molar-refractivity contribution in [2.75, 3.05) is 11.5 Å². The van der Waals surface area contributed by atoms with Gasteiger partial charge < -0.3 is 5.73 Å². The van der Waals surface area contributed by atoms with E-state index in [0.29, 0.717) is 10.9 Å². The molecule has 0 bridgehead atoms. The maximum absolute atomic E-state index is 12.4. The molecule has 2 atom stereocenters. The monoisotopic (exact) mass is 325 g/mol. The van der Waals surface area contributed by atoms with E-state index in [1.807, 2.05) is 17.8 Å². The Hall–Kier alpha value is -1.23. The van der Waals surface area contributed by atoms with Crippen molar-refractivity contribution in [3.05, 3.63) is 23.8 Å². The summed E-state index contributed by atoms with van der Waals surface area (Å²) < 4.78 is 27.6. The molecule has 2 rings (SSSR count). The van der Waals surface area contributed by atoms with Gasteiger partial charge in [0.15, 0.2) is 0 Å². The summed E-state index contributed by atoms with van der Waals surface area (Å²) in [7, 11) is -3.68. The average molecular weight is 325 g/mol. The number of thioether (sulfide) groups is 1. The fourth-order valence-electron chi connectivity index (χ4n) is 2.59. The lowest BCUT2D eigenvalue weighted by Gasteiger charge is -2.14. The quantitative estimate of drug-likeness (QED) is 0.808. The van der Waals surface area contributed by atoms with Crippen LogP contribution in [0, 0.1) is 11.3 Å². The van der Waals surface area contributed by atoms with Crippen molar-refractivity contribution < 1.29 is 8.42 Å². The summed E-state index contributed by atoms with van der Waals surface area (Å²) in [4.78, 5) is 0.00537. The number of anilines is 1. The van der Waals surface area contributed by atoms with Crippen molar-refractivity contribution >= 4 is 27.5 Å². The van der Waals surface area contributed by atoms with Crippen LogP contribution in [0.5, 0.6) is 0 Å². The molecule has 1 aromatic rings. The normalized spacial score (nSPS) is 22.1. The van der Waals surface area contributed by atoms with E-state index in [0.717, 1.165) is 25.0 Å². The predicted molar refractivity (Wildman–Crippen MR) is 85.4 cm³/mol. The zero-order valence-corrected chi connectivity index (χ0v) is 13.5. The van der Waals surface area contributed by atoms with Crippen LogP contribution in [0.2, 0.25) is 0 Å². The first-order valence-electron chi connectivity index (χ1n) is 6.90. The van der Waals surface area contributed by atoms with Crippen molar-refractivity contribution in [3.8, 4) is 6.07 Å². The second-order valence-corrected chi connectivity index (χ2v) is 8.34. The molecule has 2 unspecified atom stereocenters. The maximum Gasteiger partial charge on any atom is 0.242 e. The van der Waals surface area contributed by atoms with Gasteiger partial charge in [-0.2, -0.15) is 17.0 Å². The molecule has 5 nitrogen and oxygen atoms in total. The summed E-state index contributed by atoms with van der Waals surface area (Å²) in [5, 5.41) is 9.60. The highest BCUT2D eigenvalue weighted by Crippen LogP contribution is 2.30. The third kappa shape index (κ3) is 3.90. The van der Waals surface area contributed by atoms with E-state index in [1.165, 1.54) is 18.2 Å². The van der Waals surface area contributed by atoms with Crippen LogP contribution < -0.4 is 10.5 Å². The largest absolute Gasteiger partial charge is 0.399 e. The average Bonchev–Trinajstić information content (AvgIpc) is 2.85. The molecule has 21 heavy (non-hydrogen) atoms. The Morgan fingerprint density at radius 1 is 1.48 bits per heavy atom. The SMILES string of the molecule is CCSC1CCC(NS(=O)(=O)c2ccc(N)cc2C#N)C1. The van der Waals surface area contributed by atoms with Gasteiger partial charge in [-0.05, 0) is 43.2 Å². The number of benzene rings is 1. The second-order valence-electron chi connectivity index (χ2n) is 5.08. The lowest BCUT2D eigenvalue weighted by Crippen LogP contribution is -2.33. The Morgan fingerprint density at radius 2 is 2.24 bits per heavy atom. The molecule has 1 aliphatic rings. The molecular weight excluding hydrogens is 306 g/mol. The van der Waals surface area contributed by atoms with Gasteiger partial charge in [0.2, 0.25) is 10.0 Å². The summed E-state index contributed by atoms with van der Waals surface area (Å²) in [6.07, 6.45) is 2.71. The van der Waals surface area contributed by atoms with Gasteiger partial charge in [-0.1, -0.05) is 6.92 Å². The molecule has 1 saturated carbocycles. The smallest absolute Gasteiger partial charge is 0.242 e. The number of hydrogen-bond donors (Lipinski definition) is 2. The lowest BCUT2D eigenvalue weighted by molar-refractivity contribution is 0.552. The number of nitrogens with two attached hydrogens (primary N) is 1. The first-order chi connectivity index (χ1) is 9.96. The number of nitrogens with one attached hydrogen (secondary N) is 1. The van der Waals surface area contributed by atoms with Crippen LogP contribution in [-0.2, 0) is 10.0 Å². The van der Waals surface area contributed by atoms with Gasteiger partial charge in [0.05, 0.1) is 10.5 Å². The standard InChI is InChI=1S/C14H19N3O2S2/c1-2-20-13-5-4-12(8-13)17-21(18,19)14-6-3-11(16)7-10(14)9-15/h3,6-7,12-13,17H,2,4-5,8,16H2,1H3. The van der Waals surface area contributed by atoms with E-state index >= 15 is 0 Å². The lowest BCUT2D eigenvalue weighted by atomic mass is 10.2. The molecule has 0 heterocycles. The van der Waals surface area contributed by atoms with E-state index in [2.05, 4.69) is 11.6 Å². The van der Waals surface area contributed by atoms with Crippen molar-refractivity contribution in [1.82, 2.24) is 4.72 Å². The predicted octanol–water partition coefficient (Wildman–Crippen LogP) is 2.09. The van der Waals surface area contributed by atoms with Crippen molar-refractivity contribution in [3.63, 3.8) is 0 Å². The van der Waals surface area contributed by atoms with Crippen molar-refractivity contribution in [2.45, 2.75) is 42.4 Å². The van der Waals surface area contributed by atoms with E-state index in [4.69, 9.17) is 11.0 Å². The van der Waals surface area contributed by atoms with Crippen LogP contribution in [0.4, 0.5) is 5.69 Å². The molecule has 1 aromatic carbocycles. The highest BCUT2D eigenvalue weighted by Gasteiger charge is 2.29. The molecule has 0 aliphatic heterocycles. The molecule has 7 heteroatoms. The summed E-state index contributed by atoms with van der Waals surface area (Å²) in [5.74, 6) is 1.04. The minimum Gasteiger partial charge on any atom is -0.399 e. The van der Waals surface area contributed by atoms with E-state index < -0.39 is 10.0 Å². The van der Waals surface area contributed by atoms with Crippen LogP contribution in [0.15, 0.2) is 23.1 Å². The highest BCUT2D eigenvalue weighted by atomic mass is 32.2. The molecule has 0 amide bonds. The molecule has 0 aromatic heterocycles. The summed E-state index contributed by atoms with van der Waals surface area (Å²) in [6.45, 7) is 2.11. The van der Waals surface area contributed by atoms with Gasteiger partial charge in [0, 0.05) is 17.0 Å². The molecular formula is C14H19N3O2S2. The Bertz CT molecular complexity index is 653. The van der Waals surface area contributed by atoms with Gasteiger partial charge in [0.25, 0.3) is 0 Å². The Morgan fingerprint density at radius 3 is 2.90 bits per heavy atom. The zero-order valence-electron chi connectivity index (χ0n) is 11.9. The van der Waals surface area contributed by atoms with Gasteiger partial charge in [-0.3, -0.25) is 0 Å². The van der Waals surface area contributed by atoms with Crippen LogP contribution in [0.3, 0.4) is 0 Å². The Kier molecular flexibility index (Phi) is 5.14. The van der Waals surface area contributed by atoms with Crippen molar-refractivity contribution in [1.29, 1.82) is 5.26 Å². The molecule has 0 saturated heterocycles. The number of hydrogen-bond acceptors (Lipinski definition) is 5. The summed E-state index contributed by atoms with van der Waals surface area (Å²) in [5.41, 5.74) is 6.06. The third-order valence-corrected chi connectivity index (χ3v) is 6.33. The molecule has 1 fully saturated rings. The number of nitriles is 1. The van der Waals surface area contributed by atoms with Gasteiger partial charge >= 0.3 is 0 Å². The first kappa shape index (κ1) is 16.1. The van der Waals surface area contributed by atoms with Crippen molar-refractivity contribution in [2.24, 2.45) is 0 Å². The molecule has 114 valence electrons. The molecule has 0 spiro atoms. The summed E-state index contributed by atoms with van der Waals surface area (Å²) in [6, 6.07) is 6.12. The second kappa shape index (κ2) is 6.69. The van der Waals surface area contributed by atoms with Crippen LogP contribution in [0.25, 0.3) is 0 Å². The molecule has 3 N–H and O–H groups in total. The highest BCUT2D eigenvalue weighted by molar-refractivity contribution is 7.99. The fourth-order valence-corrected chi connectivity index (χ4v) is 5.15. The molecule has 1 aliphatic carbocycles. The fraction of sp³-hybridized carbons (Fsp3) is 0.500. The van der Waals surface area contributed by atoms with Gasteiger partial charge in [-0.15, -0.1) is 0 Å². The Balaban J connectivity index is 2.15. The summed E-state index contributed by atoms with van der Waals surface area (Å²) >= 11 is 1.87. The van der Waals surface area contributed by atoms with Crippen LogP contribution in [-0.4, -0.2) is 25.5 Å². The van der Waals surface area contributed by atoms with E-state index in [9.17, 15) is 8.42 Å². The minimum absolute atomic E-state index is 0.00537. The number of sulfonamides is 1. The van der Waals surface area contributed by atoms with Crippen LogP contribution >= 0.6 is 11.8 Å². The first-order valence-corrected chi connectivity index (χ1v) is 9.43. The Labute approximate surface area is 130 Å². The minimum atomic E-state index is -3.68. The maximum atomic E-state index is 12.4. The van der Waals surface area contributed by atoms with Gasteiger partial charge in [0.1, 0.15) is 6.07 Å². The van der Waals surface area contributed by atoms with E-state index in [-0.39, 0.29) is 16.5 Å². The number of nitrogens with zero attached hydrogens (tertiary/aromatic N) is 1. The molecule has 0 radical (unpaired) electrons. The van der Waals surface area contributed by atoms with Gasteiger partial charge in [-0.25, -0.2) is 13.1 Å². The zero-order chi connectivity index (χ0) is 15.5. The topological polar surface area (TPSA) is 96.0 Å². The van der Waals surface area contributed by atoms with E-state index in [1.54, 1.807) is 0 Å². The number of nitrogen functional groups attached to an aromatic ring is 1. The number of rotatable bonds is 5. The third-order valence-electron chi connectivity index (χ3n) is 3.52. The van der Waals surface area contributed by atoms with Crippen LogP contribution in [0.1, 0.15) is 31.7 Å².